The Kier molecular flexibility index (Phi) is 4.94. The molecule has 2 rings (SSSR count). The Morgan fingerprint density at radius 3 is 1.79 bits per heavy atom. The van der Waals surface area contributed by atoms with Crippen LogP contribution in [0.2, 0.25) is 0 Å². The molecule has 0 saturated heterocycles. The molecule has 2 aromatic rings. The monoisotopic (exact) mass is 268 g/mol. The predicted molar refractivity (Wildman–Crippen MR) is 81.6 cm³/mol. The first-order chi connectivity index (χ1) is 9.24. The smallest absolute Gasteiger partial charge is 0.242 e. The second-order valence-electron chi connectivity index (χ2n) is 4.70. The van der Waals surface area contributed by atoms with Crippen molar-refractivity contribution >= 4 is 9.76 Å². The molecule has 0 aliphatic heterocycles. The summed E-state index contributed by atoms with van der Waals surface area (Å²) < 4.78 is 5.74. The van der Waals surface area contributed by atoms with E-state index in [1.807, 2.05) is 0 Å². The second kappa shape index (κ2) is 6.69. The summed E-state index contributed by atoms with van der Waals surface area (Å²) in [6.45, 7) is 7.18. The zero-order valence-electron chi connectivity index (χ0n) is 11.8. The van der Waals surface area contributed by atoms with Crippen LogP contribution in [0.5, 0.6) is 0 Å². The Morgan fingerprint density at radius 2 is 1.37 bits per heavy atom. The van der Waals surface area contributed by atoms with Crippen LogP contribution in [0.1, 0.15) is 34.7 Å². The summed E-state index contributed by atoms with van der Waals surface area (Å²) in [6, 6.07) is 17.2. The summed E-state index contributed by atoms with van der Waals surface area (Å²) in [6.07, 6.45) is 0. The van der Waals surface area contributed by atoms with E-state index in [0.717, 1.165) is 6.61 Å². The lowest BCUT2D eigenvalue weighted by Gasteiger charge is -2.20. The Balaban J connectivity index is 2.42. The van der Waals surface area contributed by atoms with Gasteiger partial charge in [-0.15, -0.1) is 0 Å². The Bertz CT molecular complexity index is 491. The fourth-order valence-electron chi connectivity index (χ4n) is 2.28. The molecular formula is C17H20OSi. The minimum absolute atomic E-state index is 0.349. The highest BCUT2D eigenvalue weighted by atomic mass is 28.2. The third-order valence-electron chi connectivity index (χ3n) is 3.34. The van der Waals surface area contributed by atoms with E-state index >= 15 is 0 Å². The van der Waals surface area contributed by atoms with Crippen molar-refractivity contribution < 1.29 is 4.43 Å². The van der Waals surface area contributed by atoms with Crippen molar-refractivity contribution in [3.05, 3.63) is 70.8 Å². The lowest BCUT2D eigenvalue weighted by Crippen LogP contribution is -2.15. The van der Waals surface area contributed by atoms with Gasteiger partial charge in [0.05, 0.1) is 0 Å². The van der Waals surface area contributed by atoms with Crippen molar-refractivity contribution in [2.24, 2.45) is 0 Å². The molecule has 0 atom stereocenters. The van der Waals surface area contributed by atoms with Crippen molar-refractivity contribution in [3.8, 4) is 0 Å². The van der Waals surface area contributed by atoms with Gasteiger partial charge in [0.2, 0.25) is 9.76 Å². The molecule has 2 heteroatoms. The van der Waals surface area contributed by atoms with Gasteiger partial charge in [0.15, 0.2) is 0 Å². The summed E-state index contributed by atoms with van der Waals surface area (Å²) in [5.74, 6) is 0. The summed E-state index contributed by atoms with van der Waals surface area (Å²) in [5, 5.41) is 0. The van der Waals surface area contributed by atoms with Crippen molar-refractivity contribution in [2.45, 2.75) is 26.3 Å². The van der Waals surface area contributed by atoms with Gasteiger partial charge >= 0.3 is 0 Å². The van der Waals surface area contributed by atoms with Crippen LogP contribution in [0.15, 0.2) is 48.5 Å². The first-order valence-corrected chi connectivity index (χ1v) is 7.71. The molecule has 1 nitrogen and oxygen atoms in total. The second-order valence-corrected chi connectivity index (χ2v) is 5.80. The molecule has 2 aromatic carbocycles. The molecule has 0 aliphatic carbocycles. The third kappa shape index (κ3) is 3.34. The molecule has 19 heavy (non-hydrogen) atoms. The molecule has 0 aliphatic rings. The maximum absolute atomic E-state index is 5.74. The van der Waals surface area contributed by atoms with Crippen molar-refractivity contribution in [1.29, 1.82) is 0 Å². The zero-order valence-corrected chi connectivity index (χ0v) is 12.8. The number of hydrogen-bond donors (Lipinski definition) is 0. The predicted octanol–water partition coefficient (Wildman–Crippen LogP) is 4.05. The highest BCUT2D eigenvalue weighted by Gasteiger charge is 2.19. The fraction of sp³-hybridized carbons (Fsp3) is 0.294. The van der Waals surface area contributed by atoms with Gasteiger partial charge in [-0.2, -0.15) is 0 Å². The molecule has 98 valence electrons. The summed E-state index contributed by atoms with van der Waals surface area (Å²) in [7, 11) is 0.471. The van der Waals surface area contributed by atoms with E-state index in [2.05, 4.69) is 69.3 Å². The van der Waals surface area contributed by atoms with E-state index in [9.17, 15) is 0 Å². The van der Waals surface area contributed by atoms with Gasteiger partial charge in [0.1, 0.15) is 0 Å². The first kappa shape index (κ1) is 14.0. The lowest BCUT2D eigenvalue weighted by atomic mass is 9.97. The van der Waals surface area contributed by atoms with E-state index in [1.54, 1.807) is 0 Å². The first-order valence-electron chi connectivity index (χ1n) is 6.72. The zero-order chi connectivity index (χ0) is 13.7. The molecule has 0 aromatic heterocycles. The van der Waals surface area contributed by atoms with E-state index in [1.165, 1.54) is 22.3 Å². The Labute approximate surface area is 118 Å². The molecule has 0 saturated carbocycles. The third-order valence-corrected chi connectivity index (χ3v) is 4.66. The number of rotatable bonds is 5. The van der Waals surface area contributed by atoms with Crippen molar-refractivity contribution in [1.82, 2.24) is 0 Å². The summed E-state index contributed by atoms with van der Waals surface area (Å²) in [5.41, 5.74) is 5.78. The minimum atomic E-state index is 0.349. The Hall–Kier alpha value is -1.38. The van der Waals surface area contributed by atoms with E-state index in [-0.39, 0.29) is 0 Å². The van der Waals surface area contributed by atoms with Gasteiger partial charge in [0.25, 0.3) is 0 Å². The number of hydrogen-bond acceptors (Lipinski definition) is 1. The van der Waals surface area contributed by atoms with Gasteiger partial charge in [-0.05, 0) is 43.0 Å². The van der Waals surface area contributed by atoms with Gasteiger partial charge in [-0.25, -0.2) is 0 Å². The molecule has 0 fully saturated rings. The number of benzene rings is 2. The van der Waals surface area contributed by atoms with Crippen LogP contribution >= 0.6 is 0 Å². The standard InChI is InChI=1S/C17H20OSi/c1-4-18-19-17(15-11-7-5-9-13(15)2)16-12-8-6-10-14(16)3/h5-12,17H,4H2,1-3H3. The van der Waals surface area contributed by atoms with Gasteiger partial charge in [-0.1, -0.05) is 48.5 Å². The fourth-order valence-corrected chi connectivity index (χ4v) is 3.52. The molecule has 0 unspecified atom stereocenters. The average Bonchev–Trinajstić information content (AvgIpc) is 2.42. The highest BCUT2D eigenvalue weighted by molar-refractivity contribution is 6.31. The highest BCUT2D eigenvalue weighted by Crippen LogP contribution is 2.28. The quantitative estimate of drug-likeness (QED) is 0.743. The van der Waals surface area contributed by atoms with Gasteiger partial charge < -0.3 is 4.43 Å². The summed E-state index contributed by atoms with van der Waals surface area (Å²) in [4.78, 5) is 0. The van der Waals surface area contributed by atoms with Crippen LogP contribution in [0, 0.1) is 13.8 Å². The van der Waals surface area contributed by atoms with Crippen LogP contribution in [0.25, 0.3) is 0 Å². The van der Waals surface area contributed by atoms with E-state index < -0.39 is 0 Å². The molecule has 0 amide bonds. The normalized spacial score (nSPS) is 10.9. The lowest BCUT2D eigenvalue weighted by molar-refractivity contribution is 0.356. The van der Waals surface area contributed by atoms with E-state index in [4.69, 9.17) is 4.43 Å². The van der Waals surface area contributed by atoms with Crippen molar-refractivity contribution in [2.75, 3.05) is 6.61 Å². The average molecular weight is 268 g/mol. The Morgan fingerprint density at radius 1 is 0.895 bits per heavy atom. The molecular weight excluding hydrogens is 248 g/mol. The maximum Gasteiger partial charge on any atom is 0.242 e. The van der Waals surface area contributed by atoms with Crippen LogP contribution in [0.3, 0.4) is 0 Å². The molecule has 0 bridgehead atoms. The van der Waals surface area contributed by atoms with Crippen LogP contribution < -0.4 is 0 Å². The topological polar surface area (TPSA) is 9.23 Å². The minimum Gasteiger partial charge on any atom is -0.417 e. The largest absolute Gasteiger partial charge is 0.417 e. The molecule has 2 radical (unpaired) electrons. The van der Waals surface area contributed by atoms with Crippen LogP contribution in [0.4, 0.5) is 0 Å². The molecule has 0 N–H and O–H groups in total. The number of aryl methyl sites for hydroxylation is 2. The SMILES string of the molecule is CCO[Si]C(c1ccccc1C)c1ccccc1C. The van der Waals surface area contributed by atoms with Crippen LogP contribution in [-0.2, 0) is 4.43 Å². The van der Waals surface area contributed by atoms with Crippen LogP contribution in [-0.4, -0.2) is 16.4 Å². The summed E-state index contributed by atoms with van der Waals surface area (Å²) >= 11 is 0. The maximum atomic E-state index is 5.74. The molecule has 0 heterocycles. The van der Waals surface area contributed by atoms with Gasteiger partial charge in [-0.3, -0.25) is 0 Å². The van der Waals surface area contributed by atoms with E-state index in [0.29, 0.717) is 15.3 Å². The van der Waals surface area contributed by atoms with Crippen molar-refractivity contribution in [3.63, 3.8) is 0 Å². The molecule has 0 spiro atoms. The van der Waals surface area contributed by atoms with Gasteiger partial charge in [0, 0.05) is 12.1 Å².